The molecule has 5 aromatic rings. The summed E-state index contributed by atoms with van der Waals surface area (Å²) < 4.78 is 1.92. The first kappa shape index (κ1) is 31.9. The summed E-state index contributed by atoms with van der Waals surface area (Å²) in [6.07, 6.45) is 4.33. The Morgan fingerprint density at radius 3 is 2.72 bits per heavy atom. The average Bonchev–Trinajstić information content (AvgIpc) is 3.52. The van der Waals surface area contributed by atoms with Gasteiger partial charge >= 0.3 is 6.03 Å². The number of nitrogens with one attached hydrogen (secondary N) is 2. The molecule has 2 aromatic heterocycles. The highest BCUT2D eigenvalue weighted by atomic mass is 16.2. The molecule has 0 saturated carbocycles. The van der Waals surface area contributed by atoms with Gasteiger partial charge in [-0.2, -0.15) is 4.98 Å². The minimum Gasteiger partial charge on any atom is -0.350 e. The van der Waals surface area contributed by atoms with Crippen molar-refractivity contribution in [1.29, 1.82) is 0 Å². The van der Waals surface area contributed by atoms with Gasteiger partial charge in [-0.15, -0.1) is 0 Å². The lowest BCUT2D eigenvalue weighted by atomic mass is 10.1. The second-order valence-electron chi connectivity index (χ2n) is 12.1. The van der Waals surface area contributed by atoms with E-state index in [9.17, 15) is 9.59 Å². The predicted molar refractivity (Wildman–Crippen MR) is 187 cm³/mol. The standard InChI is InChI=1S/C35H42N10O2/c1-5-41(3)17-19-44(24-46)27-13-14-31-30(21-27)37-23-45(31)33-15-16-36-34(40-33)38-25(2)32-22-43(20-18-42(32)4)35(47)39-29-12-8-10-26-9-6-7-11-28(26)29/h6-16,21,23-25,32H,5,17-20,22H2,1-4H3,(H,39,47)(H,36,38,40). The first-order valence-electron chi connectivity index (χ1n) is 16.1. The molecule has 3 amide bonds. The van der Waals surface area contributed by atoms with Crippen molar-refractivity contribution in [3.05, 3.63) is 79.3 Å². The van der Waals surface area contributed by atoms with Crippen LogP contribution in [0.3, 0.4) is 0 Å². The lowest BCUT2D eigenvalue weighted by Crippen LogP contribution is -2.59. The summed E-state index contributed by atoms with van der Waals surface area (Å²) in [7, 11) is 4.12. The first-order chi connectivity index (χ1) is 22.8. The van der Waals surface area contributed by atoms with Gasteiger partial charge in [0.2, 0.25) is 12.4 Å². The van der Waals surface area contributed by atoms with Crippen LogP contribution in [0.25, 0.3) is 27.6 Å². The Morgan fingerprint density at radius 1 is 1.06 bits per heavy atom. The molecule has 6 rings (SSSR count). The van der Waals surface area contributed by atoms with Crippen molar-refractivity contribution in [3.63, 3.8) is 0 Å². The Kier molecular flexibility index (Phi) is 9.60. The van der Waals surface area contributed by atoms with Gasteiger partial charge in [-0.1, -0.05) is 43.3 Å². The number of amides is 3. The number of hydrogen-bond acceptors (Lipinski definition) is 8. The van der Waals surface area contributed by atoms with Crippen molar-refractivity contribution in [2.24, 2.45) is 0 Å². The maximum absolute atomic E-state index is 13.4. The van der Waals surface area contributed by atoms with Crippen LogP contribution >= 0.6 is 0 Å². The number of carbonyl (C=O) groups is 2. The number of fused-ring (bicyclic) bond motifs is 2. The number of hydrogen-bond donors (Lipinski definition) is 2. The molecule has 2 N–H and O–H groups in total. The largest absolute Gasteiger partial charge is 0.350 e. The summed E-state index contributed by atoms with van der Waals surface area (Å²) in [5, 5.41) is 8.72. The van der Waals surface area contributed by atoms with Crippen molar-refractivity contribution in [2.75, 3.05) is 68.9 Å². The number of aromatic nitrogens is 4. The highest BCUT2D eigenvalue weighted by Gasteiger charge is 2.31. The topological polar surface area (TPSA) is 115 Å². The van der Waals surface area contributed by atoms with Crippen LogP contribution < -0.4 is 15.5 Å². The first-order valence-corrected chi connectivity index (χ1v) is 16.1. The van der Waals surface area contributed by atoms with E-state index in [0.29, 0.717) is 31.4 Å². The zero-order valence-corrected chi connectivity index (χ0v) is 27.4. The number of rotatable bonds is 11. The SMILES string of the molecule is CCN(C)CCN(C=O)c1ccc2c(c1)ncn2-c1ccnc(NC(C)C2CN(C(=O)Nc3cccc4ccccc34)CCN2C)n1. The second-order valence-corrected chi connectivity index (χ2v) is 12.1. The minimum atomic E-state index is -0.107. The Labute approximate surface area is 275 Å². The van der Waals surface area contributed by atoms with Crippen LogP contribution in [-0.4, -0.2) is 112 Å². The molecule has 3 aromatic carbocycles. The van der Waals surface area contributed by atoms with Crippen LogP contribution in [-0.2, 0) is 4.79 Å². The number of urea groups is 1. The number of piperazine rings is 1. The van der Waals surface area contributed by atoms with Gasteiger partial charge in [-0.25, -0.2) is 14.8 Å². The molecule has 12 heteroatoms. The normalized spacial score (nSPS) is 16.0. The van der Waals surface area contributed by atoms with E-state index < -0.39 is 0 Å². The second kappa shape index (κ2) is 14.1. The van der Waals surface area contributed by atoms with E-state index in [2.05, 4.69) is 51.3 Å². The highest BCUT2D eigenvalue weighted by Crippen LogP contribution is 2.25. The van der Waals surface area contributed by atoms with Crippen LogP contribution in [0.2, 0.25) is 0 Å². The minimum absolute atomic E-state index is 0.0413. The zero-order chi connectivity index (χ0) is 32.9. The van der Waals surface area contributed by atoms with Crippen molar-refractivity contribution in [3.8, 4) is 5.82 Å². The molecule has 1 aliphatic rings. The van der Waals surface area contributed by atoms with E-state index in [1.54, 1.807) is 17.4 Å². The van der Waals surface area contributed by atoms with Crippen molar-refractivity contribution < 1.29 is 9.59 Å². The van der Waals surface area contributed by atoms with E-state index in [1.807, 2.05) is 83.2 Å². The molecule has 244 valence electrons. The molecule has 2 atom stereocenters. The van der Waals surface area contributed by atoms with Crippen LogP contribution in [0.15, 0.2) is 79.3 Å². The van der Waals surface area contributed by atoms with E-state index in [0.717, 1.165) is 59.2 Å². The van der Waals surface area contributed by atoms with E-state index in [4.69, 9.17) is 4.98 Å². The molecule has 2 unspecified atom stereocenters. The molecule has 1 saturated heterocycles. The van der Waals surface area contributed by atoms with Gasteiger partial charge in [-0.05, 0) is 63.3 Å². The molecular formula is C35H42N10O2. The third-order valence-electron chi connectivity index (χ3n) is 9.09. The zero-order valence-electron chi connectivity index (χ0n) is 27.4. The van der Waals surface area contributed by atoms with Gasteiger partial charge in [0.05, 0.1) is 16.7 Å². The summed E-state index contributed by atoms with van der Waals surface area (Å²) >= 11 is 0. The third-order valence-corrected chi connectivity index (χ3v) is 9.09. The fourth-order valence-corrected chi connectivity index (χ4v) is 6.05. The van der Waals surface area contributed by atoms with Gasteiger partial charge in [-0.3, -0.25) is 14.3 Å². The molecule has 12 nitrogen and oxygen atoms in total. The lowest BCUT2D eigenvalue weighted by Gasteiger charge is -2.42. The molecule has 47 heavy (non-hydrogen) atoms. The molecule has 0 aliphatic carbocycles. The molecule has 3 heterocycles. The van der Waals surface area contributed by atoms with Crippen LogP contribution in [0.1, 0.15) is 13.8 Å². The van der Waals surface area contributed by atoms with Crippen molar-refractivity contribution in [1.82, 2.24) is 34.2 Å². The number of benzene rings is 3. The fraction of sp³-hybridized carbons (Fsp3) is 0.343. The van der Waals surface area contributed by atoms with Gasteiger partial charge in [0.15, 0.2) is 0 Å². The van der Waals surface area contributed by atoms with Crippen LogP contribution in [0.4, 0.5) is 22.1 Å². The summed E-state index contributed by atoms with van der Waals surface area (Å²) in [5.74, 6) is 1.17. The Balaban J connectivity index is 1.13. The van der Waals surface area contributed by atoms with E-state index in [-0.39, 0.29) is 18.1 Å². The molecule has 1 fully saturated rings. The molecule has 0 bridgehead atoms. The van der Waals surface area contributed by atoms with Gasteiger partial charge in [0, 0.05) is 62.1 Å². The Bertz CT molecular complexity index is 1850. The van der Waals surface area contributed by atoms with Crippen molar-refractivity contribution >= 4 is 51.6 Å². The Hall–Kier alpha value is -5.07. The molecule has 0 spiro atoms. The van der Waals surface area contributed by atoms with Crippen LogP contribution in [0.5, 0.6) is 0 Å². The maximum Gasteiger partial charge on any atom is 0.321 e. The highest BCUT2D eigenvalue weighted by molar-refractivity contribution is 6.01. The summed E-state index contributed by atoms with van der Waals surface area (Å²) in [6.45, 7) is 8.43. The van der Waals surface area contributed by atoms with E-state index >= 15 is 0 Å². The summed E-state index contributed by atoms with van der Waals surface area (Å²) in [5.41, 5.74) is 3.26. The van der Waals surface area contributed by atoms with Crippen molar-refractivity contribution in [2.45, 2.75) is 25.9 Å². The number of likely N-dealkylation sites (N-methyl/N-ethyl adjacent to an activating group) is 2. The molecular weight excluding hydrogens is 592 g/mol. The monoisotopic (exact) mass is 634 g/mol. The third kappa shape index (κ3) is 7.03. The van der Waals surface area contributed by atoms with Gasteiger partial charge in [0.25, 0.3) is 0 Å². The fourth-order valence-electron chi connectivity index (χ4n) is 6.05. The summed E-state index contributed by atoms with van der Waals surface area (Å²) in [4.78, 5) is 47.2. The summed E-state index contributed by atoms with van der Waals surface area (Å²) in [6, 6.07) is 21.6. The van der Waals surface area contributed by atoms with Crippen LogP contribution in [0, 0.1) is 0 Å². The quantitative estimate of drug-likeness (QED) is 0.204. The smallest absolute Gasteiger partial charge is 0.321 e. The number of carbonyl (C=O) groups excluding carboxylic acids is 2. The van der Waals surface area contributed by atoms with Gasteiger partial charge < -0.3 is 25.3 Å². The lowest BCUT2D eigenvalue weighted by molar-refractivity contribution is -0.107. The van der Waals surface area contributed by atoms with Gasteiger partial charge in [0.1, 0.15) is 12.1 Å². The molecule has 1 aliphatic heterocycles. The Morgan fingerprint density at radius 2 is 1.89 bits per heavy atom. The molecule has 0 radical (unpaired) electrons. The van der Waals surface area contributed by atoms with E-state index in [1.165, 1.54) is 0 Å². The predicted octanol–water partition coefficient (Wildman–Crippen LogP) is 4.53. The number of nitrogens with zero attached hydrogens (tertiary/aromatic N) is 8. The average molecular weight is 635 g/mol. The maximum atomic E-state index is 13.4. The number of anilines is 3. The number of imidazole rings is 1.